The molecule has 0 spiro atoms. The Morgan fingerprint density at radius 3 is 2.47 bits per heavy atom. The minimum absolute atomic E-state index is 0.253. The first-order chi connectivity index (χ1) is 14.9. The smallest absolute Gasteiger partial charge is 0.410 e. The monoisotopic (exact) mass is 450 g/mol. The Balaban J connectivity index is 1.65. The van der Waals surface area contributed by atoms with Gasteiger partial charge in [0.05, 0.1) is 32.0 Å². The molecule has 1 aromatic rings. The van der Waals surface area contributed by atoms with E-state index in [4.69, 9.17) is 14.2 Å². The van der Waals surface area contributed by atoms with Gasteiger partial charge < -0.3 is 19.1 Å². The second-order valence-electron chi connectivity index (χ2n) is 11.6. The van der Waals surface area contributed by atoms with Crippen molar-refractivity contribution in [2.75, 3.05) is 39.5 Å². The molecular weight excluding hydrogens is 412 g/mol. The summed E-state index contributed by atoms with van der Waals surface area (Å²) in [4.78, 5) is 14.8. The van der Waals surface area contributed by atoms with Crippen LogP contribution < -0.4 is 5.32 Å². The maximum absolute atomic E-state index is 12.9. The molecule has 4 rings (SSSR count). The number of hydrogen-bond acceptors (Lipinski definition) is 8. The van der Waals surface area contributed by atoms with Crippen molar-refractivity contribution in [3.63, 3.8) is 0 Å². The van der Waals surface area contributed by atoms with Crippen LogP contribution in [0.15, 0.2) is 0 Å². The van der Waals surface area contributed by atoms with E-state index in [0.29, 0.717) is 44.7 Å². The van der Waals surface area contributed by atoms with Crippen LogP contribution in [0.3, 0.4) is 0 Å². The third-order valence-electron chi connectivity index (χ3n) is 6.44. The van der Waals surface area contributed by atoms with Gasteiger partial charge in [-0.25, -0.2) is 9.48 Å². The standard InChI is InChI=1S/C22H38N6O4/c1-19(2,3)28-17(23-25-26-28)22(14-30-9-10-31-15-22)24-21-8-7-16(11-21)12-27(13-21)18(29)32-20(4,5)6/h16,24H,7-15H2,1-6H3. The Morgan fingerprint density at radius 2 is 1.84 bits per heavy atom. The minimum Gasteiger partial charge on any atom is -0.444 e. The number of likely N-dealkylation sites (tertiary alicyclic amines) is 1. The van der Waals surface area contributed by atoms with E-state index in [9.17, 15) is 4.79 Å². The molecule has 1 amide bonds. The van der Waals surface area contributed by atoms with Crippen LogP contribution in [0.1, 0.15) is 66.6 Å². The van der Waals surface area contributed by atoms with E-state index in [1.165, 1.54) is 0 Å². The molecule has 0 radical (unpaired) electrons. The molecule has 2 aliphatic heterocycles. The summed E-state index contributed by atoms with van der Waals surface area (Å²) in [6, 6.07) is 0. The first-order valence-electron chi connectivity index (χ1n) is 11.6. The van der Waals surface area contributed by atoms with E-state index in [2.05, 4.69) is 41.6 Å². The number of nitrogens with one attached hydrogen (secondary N) is 1. The summed E-state index contributed by atoms with van der Waals surface area (Å²) < 4.78 is 19.5. The zero-order chi connectivity index (χ0) is 23.2. The van der Waals surface area contributed by atoms with Crippen molar-refractivity contribution in [1.29, 1.82) is 0 Å². The van der Waals surface area contributed by atoms with Crippen molar-refractivity contribution in [3.05, 3.63) is 5.82 Å². The predicted octanol–water partition coefficient (Wildman–Crippen LogP) is 2.05. The predicted molar refractivity (Wildman–Crippen MR) is 117 cm³/mol. The number of fused-ring (bicyclic) bond motifs is 2. The number of aromatic nitrogens is 4. The Labute approximate surface area is 190 Å². The second kappa shape index (κ2) is 8.22. The van der Waals surface area contributed by atoms with Crippen molar-refractivity contribution in [2.24, 2.45) is 5.92 Å². The van der Waals surface area contributed by atoms with Crippen LogP contribution >= 0.6 is 0 Å². The number of hydrogen-bond donors (Lipinski definition) is 1. The van der Waals surface area contributed by atoms with E-state index in [1.807, 2.05) is 30.4 Å². The van der Waals surface area contributed by atoms with Crippen LogP contribution in [-0.4, -0.2) is 81.9 Å². The van der Waals surface area contributed by atoms with Gasteiger partial charge in [0.25, 0.3) is 0 Å². The highest BCUT2D eigenvalue weighted by atomic mass is 16.6. The number of piperidine rings is 1. The zero-order valence-electron chi connectivity index (χ0n) is 20.3. The highest BCUT2D eigenvalue weighted by molar-refractivity contribution is 5.68. The summed E-state index contributed by atoms with van der Waals surface area (Å²) >= 11 is 0. The van der Waals surface area contributed by atoms with Crippen LogP contribution in [0.25, 0.3) is 0 Å². The van der Waals surface area contributed by atoms with Crippen molar-refractivity contribution >= 4 is 6.09 Å². The molecule has 1 N–H and O–H groups in total. The third kappa shape index (κ3) is 4.77. The molecule has 2 saturated heterocycles. The molecule has 3 aliphatic rings. The topological polar surface area (TPSA) is 104 Å². The fraction of sp³-hybridized carbons (Fsp3) is 0.909. The zero-order valence-corrected chi connectivity index (χ0v) is 20.3. The Bertz CT molecular complexity index is 821. The van der Waals surface area contributed by atoms with Crippen molar-refractivity contribution < 1.29 is 19.0 Å². The van der Waals surface area contributed by atoms with Gasteiger partial charge in [-0.15, -0.1) is 5.10 Å². The number of rotatable bonds is 3. The normalized spacial score (nSPS) is 28.4. The van der Waals surface area contributed by atoms with Crippen LogP contribution in [-0.2, 0) is 25.3 Å². The molecule has 2 atom stereocenters. The summed E-state index contributed by atoms with van der Waals surface area (Å²) in [5.74, 6) is 1.14. The molecular formula is C22H38N6O4. The van der Waals surface area contributed by atoms with Gasteiger partial charge in [0.2, 0.25) is 0 Å². The SMILES string of the molecule is CC(C)(C)OC(=O)N1CC2CCC(NC3(c4nnnn4C(C)(C)C)COCCOC3)(C2)C1. The average molecular weight is 451 g/mol. The molecule has 10 heteroatoms. The first kappa shape index (κ1) is 23.4. The van der Waals surface area contributed by atoms with E-state index in [1.54, 1.807) is 0 Å². The molecule has 180 valence electrons. The molecule has 0 aromatic carbocycles. The lowest BCUT2D eigenvalue weighted by molar-refractivity contribution is -0.00424. The molecule has 3 heterocycles. The Morgan fingerprint density at radius 1 is 1.16 bits per heavy atom. The quantitative estimate of drug-likeness (QED) is 0.746. The fourth-order valence-electron chi connectivity index (χ4n) is 5.25. The molecule has 1 aromatic heterocycles. The van der Waals surface area contributed by atoms with Gasteiger partial charge in [0, 0.05) is 18.6 Å². The number of ether oxygens (including phenoxy) is 3. The van der Waals surface area contributed by atoms with Crippen molar-refractivity contribution in [1.82, 2.24) is 30.4 Å². The molecule has 32 heavy (non-hydrogen) atoms. The maximum Gasteiger partial charge on any atom is 0.410 e. The number of carbonyl (C=O) groups is 1. The number of nitrogens with zero attached hydrogens (tertiary/aromatic N) is 5. The molecule has 1 aliphatic carbocycles. The molecule has 2 unspecified atom stereocenters. The van der Waals surface area contributed by atoms with Crippen molar-refractivity contribution in [2.45, 2.75) is 83.0 Å². The van der Waals surface area contributed by atoms with Crippen molar-refractivity contribution in [3.8, 4) is 0 Å². The molecule has 2 bridgehead atoms. The van der Waals surface area contributed by atoms with Crippen LogP contribution in [0.4, 0.5) is 4.79 Å². The summed E-state index contributed by atoms with van der Waals surface area (Å²) in [5, 5.41) is 16.7. The van der Waals surface area contributed by atoms with Gasteiger partial charge in [-0.05, 0) is 77.1 Å². The van der Waals surface area contributed by atoms with Gasteiger partial charge in [0.15, 0.2) is 5.82 Å². The van der Waals surface area contributed by atoms with E-state index in [0.717, 1.165) is 25.8 Å². The highest BCUT2D eigenvalue weighted by Crippen LogP contribution is 2.43. The number of amides is 1. The molecule has 3 fully saturated rings. The lowest BCUT2D eigenvalue weighted by atomic mass is 9.86. The van der Waals surface area contributed by atoms with Gasteiger partial charge in [-0.3, -0.25) is 5.32 Å². The van der Waals surface area contributed by atoms with Gasteiger partial charge >= 0.3 is 6.09 Å². The van der Waals surface area contributed by atoms with Gasteiger partial charge in [0.1, 0.15) is 11.1 Å². The fourth-order valence-corrected chi connectivity index (χ4v) is 5.25. The lowest BCUT2D eigenvalue weighted by Crippen LogP contribution is -2.66. The summed E-state index contributed by atoms with van der Waals surface area (Å²) in [6.07, 6.45) is 2.77. The van der Waals surface area contributed by atoms with Crippen LogP contribution in [0.5, 0.6) is 0 Å². The van der Waals surface area contributed by atoms with E-state index < -0.39 is 11.1 Å². The molecule has 10 nitrogen and oxygen atoms in total. The second-order valence-corrected chi connectivity index (χ2v) is 11.6. The molecule has 1 saturated carbocycles. The highest BCUT2D eigenvalue weighted by Gasteiger charge is 2.53. The van der Waals surface area contributed by atoms with E-state index >= 15 is 0 Å². The first-order valence-corrected chi connectivity index (χ1v) is 11.6. The van der Waals surface area contributed by atoms with Gasteiger partial charge in [-0.1, -0.05) is 0 Å². The van der Waals surface area contributed by atoms with Gasteiger partial charge in [-0.2, -0.15) is 0 Å². The van der Waals surface area contributed by atoms with Crippen LogP contribution in [0.2, 0.25) is 0 Å². The summed E-state index contributed by atoms with van der Waals surface area (Å²) in [7, 11) is 0. The van der Waals surface area contributed by atoms with E-state index in [-0.39, 0.29) is 17.2 Å². The maximum atomic E-state index is 12.9. The minimum atomic E-state index is -0.709. The Hall–Kier alpha value is -1.78. The largest absolute Gasteiger partial charge is 0.444 e. The number of tetrazole rings is 1. The summed E-state index contributed by atoms with van der Waals surface area (Å²) in [5.41, 5.74) is -1.80. The number of carbonyl (C=O) groups excluding carboxylic acids is 1. The lowest BCUT2D eigenvalue weighted by Gasteiger charge is -2.46. The summed E-state index contributed by atoms with van der Waals surface area (Å²) in [6.45, 7) is 15.1. The average Bonchev–Trinajstić information content (AvgIpc) is 3.21. The Kier molecular flexibility index (Phi) is 6.00. The van der Waals surface area contributed by atoms with Crippen LogP contribution in [0, 0.1) is 5.92 Å². The third-order valence-corrected chi connectivity index (χ3v) is 6.44.